The van der Waals surface area contributed by atoms with Crippen LogP contribution in [-0.2, 0) is 0 Å². The molecular weight excluding hydrogens is 175 g/mol. The molecule has 1 aromatic rings. The van der Waals surface area contributed by atoms with Crippen LogP contribution in [0, 0.1) is 6.92 Å². The van der Waals surface area contributed by atoms with Crippen LogP contribution in [0.5, 0.6) is 0 Å². The van der Waals surface area contributed by atoms with Gasteiger partial charge in [0, 0.05) is 4.88 Å². The summed E-state index contributed by atoms with van der Waals surface area (Å²) < 4.78 is 0. The Bertz CT molecular complexity index is 193. The summed E-state index contributed by atoms with van der Waals surface area (Å²) in [6.07, 6.45) is 0. The molecule has 1 heterocycles. The van der Waals surface area contributed by atoms with Gasteiger partial charge in [-0.2, -0.15) is 0 Å². The molecule has 0 aromatic carbocycles. The fourth-order valence-corrected chi connectivity index (χ4v) is 2.04. The molecule has 0 spiro atoms. The first-order valence-corrected chi connectivity index (χ1v) is 4.29. The number of halogens is 2. The smallest absolute Gasteiger partial charge is 0.142 e. The summed E-state index contributed by atoms with van der Waals surface area (Å²) in [7, 11) is 0. The molecular formula is C6H6Cl2S. The molecule has 0 fully saturated rings. The summed E-state index contributed by atoms with van der Waals surface area (Å²) in [6, 6.07) is 2.01. The van der Waals surface area contributed by atoms with Crippen LogP contribution in [0.2, 0.25) is 0 Å². The zero-order chi connectivity index (χ0) is 6.85. The van der Waals surface area contributed by atoms with Crippen molar-refractivity contribution in [2.75, 3.05) is 0 Å². The van der Waals surface area contributed by atoms with Gasteiger partial charge in [0.05, 0.1) is 0 Å². The minimum Gasteiger partial charge on any atom is -0.146 e. The number of alkyl halides is 2. The Morgan fingerprint density at radius 3 is 2.44 bits per heavy atom. The SMILES string of the molecule is Cc1ccsc1C(Cl)Cl. The van der Waals surface area contributed by atoms with E-state index in [0.717, 1.165) is 4.88 Å². The molecule has 0 aliphatic carbocycles. The molecule has 1 rings (SSSR count). The monoisotopic (exact) mass is 180 g/mol. The third-order valence-corrected chi connectivity index (χ3v) is 2.88. The molecule has 0 unspecified atom stereocenters. The lowest BCUT2D eigenvalue weighted by Gasteiger charge is -1.95. The topological polar surface area (TPSA) is 0 Å². The summed E-state index contributed by atoms with van der Waals surface area (Å²) >= 11 is 12.8. The van der Waals surface area contributed by atoms with Gasteiger partial charge in [-0.05, 0) is 23.9 Å². The molecule has 9 heavy (non-hydrogen) atoms. The van der Waals surface area contributed by atoms with Crippen molar-refractivity contribution < 1.29 is 0 Å². The fraction of sp³-hybridized carbons (Fsp3) is 0.333. The van der Waals surface area contributed by atoms with E-state index in [1.54, 1.807) is 11.3 Å². The predicted octanol–water partition coefficient (Wildman–Crippen LogP) is 3.53. The average molecular weight is 181 g/mol. The van der Waals surface area contributed by atoms with E-state index in [-0.39, 0.29) is 4.84 Å². The molecule has 50 valence electrons. The van der Waals surface area contributed by atoms with Gasteiger partial charge in [-0.1, -0.05) is 23.2 Å². The van der Waals surface area contributed by atoms with E-state index in [0.29, 0.717) is 0 Å². The molecule has 0 saturated carbocycles. The van der Waals surface area contributed by atoms with Gasteiger partial charge in [0.25, 0.3) is 0 Å². The van der Waals surface area contributed by atoms with Crippen LogP contribution in [0.4, 0.5) is 0 Å². The Labute approximate surface area is 68.4 Å². The van der Waals surface area contributed by atoms with E-state index >= 15 is 0 Å². The van der Waals surface area contributed by atoms with Crippen LogP contribution >= 0.6 is 34.5 Å². The Balaban J connectivity index is 2.94. The van der Waals surface area contributed by atoms with Crippen molar-refractivity contribution in [2.24, 2.45) is 0 Å². The number of rotatable bonds is 1. The van der Waals surface area contributed by atoms with Gasteiger partial charge in [0.2, 0.25) is 0 Å². The Morgan fingerprint density at radius 1 is 1.56 bits per heavy atom. The number of hydrogen-bond acceptors (Lipinski definition) is 1. The van der Waals surface area contributed by atoms with Crippen molar-refractivity contribution in [3.05, 3.63) is 21.9 Å². The minimum atomic E-state index is -0.356. The van der Waals surface area contributed by atoms with Crippen LogP contribution in [0.25, 0.3) is 0 Å². The highest BCUT2D eigenvalue weighted by molar-refractivity contribution is 7.10. The summed E-state index contributed by atoms with van der Waals surface area (Å²) in [5.41, 5.74) is 1.18. The van der Waals surface area contributed by atoms with Crippen molar-refractivity contribution >= 4 is 34.5 Å². The molecule has 0 aliphatic rings. The van der Waals surface area contributed by atoms with Gasteiger partial charge >= 0.3 is 0 Å². The van der Waals surface area contributed by atoms with E-state index in [2.05, 4.69) is 0 Å². The molecule has 0 bridgehead atoms. The maximum atomic E-state index is 5.63. The Kier molecular flexibility index (Phi) is 2.39. The van der Waals surface area contributed by atoms with Crippen molar-refractivity contribution in [3.63, 3.8) is 0 Å². The number of aryl methyl sites for hydroxylation is 1. The average Bonchev–Trinajstić information content (AvgIpc) is 2.13. The van der Waals surface area contributed by atoms with E-state index < -0.39 is 0 Å². The molecule has 0 radical (unpaired) electrons. The van der Waals surface area contributed by atoms with Gasteiger partial charge in [-0.3, -0.25) is 0 Å². The molecule has 0 atom stereocenters. The van der Waals surface area contributed by atoms with Crippen LogP contribution in [0.1, 0.15) is 15.3 Å². The van der Waals surface area contributed by atoms with E-state index in [4.69, 9.17) is 23.2 Å². The van der Waals surface area contributed by atoms with Crippen LogP contribution in [0.15, 0.2) is 11.4 Å². The highest BCUT2D eigenvalue weighted by Gasteiger charge is 2.06. The first-order chi connectivity index (χ1) is 4.22. The number of thiophene rings is 1. The maximum absolute atomic E-state index is 5.63. The van der Waals surface area contributed by atoms with E-state index in [1.165, 1.54) is 5.56 Å². The molecule has 0 saturated heterocycles. The quantitative estimate of drug-likeness (QED) is 0.581. The van der Waals surface area contributed by atoms with Gasteiger partial charge in [-0.25, -0.2) is 0 Å². The van der Waals surface area contributed by atoms with E-state index in [1.807, 2.05) is 18.4 Å². The second kappa shape index (κ2) is 2.91. The third kappa shape index (κ3) is 1.60. The molecule has 0 aliphatic heterocycles. The second-order valence-corrected chi connectivity index (χ2v) is 3.81. The first kappa shape index (κ1) is 7.39. The lowest BCUT2D eigenvalue weighted by molar-refractivity contribution is 1.36. The second-order valence-electron chi connectivity index (χ2n) is 1.77. The standard InChI is InChI=1S/C6H6Cl2S/c1-4-2-3-9-5(4)6(7)8/h2-3,6H,1H3. The molecule has 1 aromatic heterocycles. The van der Waals surface area contributed by atoms with Crippen LogP contribution in [-0.4, -0.2) is 0 Å². The summed E-state index contributed by atoms with van der Waals surface area (Å²) in [5.74, 6) is 0. The van der Waals surface area contributed by atoms with Crippen molar-refractivity contribution in [1.29, 1.82) is 0 Å². The fourth-order valence-electron chi connectivity index (χ4n) is 0.608. The largest absolute Gasteiger partial charge is 0.146 e. The summed E-state index contributed by atoms with van der Waals surface area (Å²) in [6.45, 7) is 2.00. The van der Waals surface area contributed by atoms with Crippen molar-refractivity contribution in [2.45, 2.75) is 11.8 Å². The van der Waals surface area contributed by atoms with Gasteiger partial charge in [0.15, 0.2) is 0 Å². The maximum Gasteiger partial charge on any atom is 0.142 e. The Hall–Kier alpha value is 0.280. The van der Waals surface area contributed by atoms with Gasteiger partial charge in [0.1, 0.15) is 4.84 Å². The van der Waals surface area contributed by atoms with Crippen molar-refractivity contribution in [1.82, 2.24) is 0 Å². The lowest BCUT2D eigenvalue weighted by Crippen LogP contribution is -1.75. The normalized spacial score (nSPS) is 10.7. The zero-order valence-corrected chi connectivity index (χ0v) is 7.22. The zero-order valence-electron chi connectivity index (χ0n) is 4.90. The van der Waals surface area contributed by atoms with Gasteiger partial charge in [-0.15, -0.1) is 11.3 Å². The molecule has 0 N–H and O–H groups in total. The Morgan fingerprint density at radius 2 is 2.22 bits per heavy atom. The first-order valence-electron chi connectivity index (χ1n) is 2.54. The van der Waals surface area contributed by atoms with Crippen LogP contribution in [0.3, 0.4) is 0 Å². The predicted molar refractivity (Wildman–Crippen MR) is 43.5 cm³/mol. The minimum absolute atomic E-state index is 0.356. The third-order valence-electron chi connectivity index (χ3n) is 1.10. The lowest BCUT2D eigenvalue weighted by atomic mass is 10.3. The molecule has 0 amide bonds. The van der Waals surface area contributed by atoms with E-state index in [9.17, 15) is 0 Å². The summed E-state index contributed by atoms with van der Waals surface area (Å²) in [4.78, 5) is 0.698. The van der Waals surface area contributed by atoms with Gasteiger partial charge < -0.3 is 0 Å². The highest BCUT2D eigenvalue weighted by Crippen LogP contribution is 2.31. The van der Waals surface area contributed by atoms with Crippen LogP contribution < -0.4 is 0 Å². The van der Waals surface area contributed by atoms with Crippen molar-refractivity contribution in [3.8, 4) is 0 Å². The summed E-state index contributed by atoms with van der Waals surface area (Å²) in [5, 5.41) is 1.99. The molecule has 0 nitrogen and oxygen atoms in total. The highest BCUT2D eigenvalue weighted by atomic mass is 35.5. The number of hydrogen-bond donors (Lipinski definition) is 0. The molecule has 3 heteroatoms.